The lowest BCUT2D eigenvalue weighted by atomic mass is 9.95. The molecule has 0 aliphatic carbocycles. The van der Waals surface area contributed by atoms with Crippen molar-refractivity contribution in [3.05, 3.63) is 83.9 Å². The maximum Gasteiger partial charge on any atom is 0.408 e. The number of fused-ring (bicyclic) bond motifs is 1. The quantitative estimate of drug-likeness (QED) is 0.115. The molecule has 53 heavy (non-hydrogen) atoms. The molecular formula is C42H59N5O6. The summed E-state index contributed by atoms with van der Waals surface area (Å²) in [4.78, 5) is 56.5. The highest BCUT2D eigenvalue weighted by molar-refractivity contribution is 5.93. The summed E-state index contributed by atoms with van der Waals surface area (Å²) in [6.45, 7) is 9.50. The zero-order valence-corrected chi connectivity index (χ0v) is 32.0. The third-order valence-corrected chi connectivity index (χ3v) is 10.2. The Morgan fingerprint density at radius 3 is 2.28 bits per heavy atom. The molecule has 0 spiro atoms. The Balaban J connectivity index is 1.55. The lowest BCUT2D eigenvalue weighted by molar-refractivity contribution is -0.131. The van der Waals surface area contributed by atoms with Gasteiger partial charge >= 0.3 is 6.09 Å². The monoisotopic (exact) mass is 729 g/mol. The van der Waals surface area contributed by atoms with E-state index in [1.807, 2.05) is 101 Å². The number of alkyl carbamates (subject to hydrolysis) is 1. The molecule has 288 valence electrons. The zero-order valence-electron chi connectivity index (χ0n) is 32.0. The van der Waals surface area contributed by atoms with Gasteiger partial charge < -0.3 is 36.0 Å². The molecule has 0 aromatic heterocycles. The van der Waals surface area contributed by atoms with Crippen LogP contribution in [0.5, 0.6) is 0 Å². The van der Waals surface area contributed by atoms with Crippen molar-refractivity contribution in [2.45, 2.75) is 110 Å². The number of aliphatic hydroxyl groups is 1. The van der Waals surface area contributed by atoms with Crippen molar-refractivity contribution < 1.29 is 29.0 Å². The molecule has 5 N–H and O–H groups in total. The van der Waals surface area contributed by atoms with Crippen LogP contribution in [-0.2, 0) is 32.1 Å². The van der Waals surface area contributed by atoms with Crippen molar-refractivity contribution in [3.8, 4) is 0 Å². The van der Waals surface area contributed by atoms with Gasteiger partial charge in [0.05, 0.1) is 18.6 Å². The van der Waals surface area contributed by atoms with Gasteiger partial charge in [0.1, 0.15) is 18.7 Å². The molecule has 3 aromatic carbocycles. The molecule has 1 saturated heterocycles. The second-order valence-electron chi connectivity index (χ2n) is 15.0. The van der Waals surface area contributed by atoms with Crippen LogP contribution in [0.25, 0.3) is 10.8 Å². The minimum atomic E-state index is -1.12. The van der Waals surface area contributed by atoms with Gasteiger partial charge in [0.25, 0.3) is 0 Å². The number of hydrogen-bond acceptors (Lipinski definition) is 7. The van der Waals surface area contributed by atoms with Gasteiger partial charge in [-0.2, -0.15) is 0 Å². The van der Waals surface area contributed by atoms with Crippen molar-refractivity contribution >= 4 is 34.6 Å². The third-order valence-electron chi connectivity index (χ3n) is 10.2. The maximum atomic E-state index is 14.3. The summed E-state index contributed by atoms with van der Waals surface area (Å²) >= 11 is 0. The summed E-state index contributed by atoms with van der Waals surface area (Å²) < 4.78 is 5.52. The first-order chi connectivity index (χ1) is 25.4. The fraction of sp³-hybridized carbons (Fsp3) is 0.524. The van der Waals surface area contributed by atoms with Gasteiger partial charge in [-0.1, -0.05) is 107 Å². The van der Waals surface area contributed by atoms with Gasteiger partial charge in [0, 0.05) is 19.0 Å². The van der Waals surface area contributed by atoms with Gasteiger partial charge in [0.15, 0.2) is 0 Å². The molecule has 11 heteroatoms. The lowest BCUT2D eigenvalue weighted by Gasteiger charge is -2.31. The second kappa shape index (κ2) is 20.7. The standard InChI is InChI=1S/C42H59N5O6/c1-6-29(4)26-43-39(49)25-38(48)35(22-28(2)3)44-41(51)37(24-33-19-13-21-47(33)5)45-40(50)36(46-42(52)53-27-30-14-8-7-9-15-30)23-32-18-12-17-31-16-10-11-20-34(31)32/h7-12,14-18,20,28-29,33,35-38,48H,6,13,19,21-27H2,1-5H3,(H,43,49)(H,44,51)(H,45,50)(H,46,52)/t29?,33?,35-,36-,37-,38-/m0/s1. The van der Waals surface area contributed by atoms with Crippen LogP contribution in [0.15, 0.2) is 72.8 Å². The second-order valence-corrected chi connectivity index (χ2v) is 15.0. The summed E-state index contributed by atoms with van der Waals surface area (Å²) in [5, 5.41) is 24.8. The highest BCUT2D eigenvalue weighted by Gasteiger charge is 2.34. The number of ether oxygens (including phenoxy) is 1. The van der Waals surface area contributed by atoms with Gasteiger partial charge in [-0.25, -0.2) is 4.79 Å². The number of amides is 4. The van der Waals surface area contributed by atoms with E-state index in [-0.39, 0.29) is 37.3 Å². The van der Waals surface area contributed by atoms with E-state index in [2.05, 4.69) is 33.1 Å². The molecule has 0 radical (unpaired) electrons. The number of rotatable bonds is 19. The van der Waals surface area contributed by atoms with E-state index >= 15 is 0 Å². The lowest BCUT2D eigenvalue weighted by Crippen LogP contribution is -2.58. The highest BCUT2D eigenvalue weighted by atomic mass is 16.5. The van der Waals surface area contributed by atoms with E-state index in [9.17, 15) is 24.3 Å². The summed E-state index contributed by atoms with van der Waals surface area (Å²) in [5.41, 5.74) is 1.66. The van der Waals surface area contributed by atoms with Crippen LogP contribution in [0.2, 0.25) is 0 Å². The minimum absolute atomic E-state index is 0.0313. The van der Waals surface area contributed by atoms with Crippen molar-refractivity contribution in [2.24, 2.45) is 11.8 Å². The summed E-state index contributed by atoms with van der Waals surface area (Å²) in [7, 11) is 2.01. The van der Waals surface area contributed by atoms with Crippen LogP contribution >= 0.6 is 0 Å². The fourth-order valence-corrected chi connectivity index (χ4v) is 6.80. The van der Waals surface area contributed by atoms with E-state index in [4.69, 9.17) is 4.74 Å². The fourth-order valence-electron chi connectivity index (χ4n) is 6.80. The number of likely N-dealkylation sites (tertiary alicyclic amines) is 1. The van der Waals surface area contributed by atoms with E-state index < -0.39 is 42.1 Å². The zero-order chi connectivity index (χ0) is 38.3. The topological polar surface area (TPSA) is 149 Å². The van der Waals surface area contributed by atoms with Crippen molar-refractivity contribution in [3.63, 3.8) is 0 Å². The molecule has 3 aromatic rings. The minimum Gasteiger partial charge on any atom is -0.445 e. The first-order valence-corrected chi connectivity index (χ1v) is 19.1. The van der Waals surface area contributed by atoms with E-state index in [1.165, 1.54) is 0 Å². The number of carbonyl (C=O) groups is 4. The van der Waals surface area contributed by atoms with Gasteiger partial charge in [-0.05, 0) is 73.0 Å². The van der Waals surface area contributed by atoms with Crippen LogP contribution in [0.4, 0.5) is 4.79 Å². The molecule has 0 saturated carbocycles. The number of aliphatic hydroxyl groups excluding tert-OH is 1. The van der Waals surface area contributed by atoms with Crippen molar-refractivity contribution in [1.29, 1.82) is 0 Å². The van der Waals surface area contributed by atoms with Gasteiger partial charge in [0.2, 0.25) is 17.7 Å². The molecule has 4 amide bonds. The van der Waals surface area contributed by atoms with Crippen LogP contribution in [-0.4, -0.2) is 84.2 Å². The maximum absolute atomic E-state index is 14.3. The first-order valence-electron chi connectivity index (χ1n) is 19.1. The Morgan fingerprint density at radius 1 is 0.887 bits per heavy atom. The molecule has 11 nitrogen and oxygen atoms in total. The molecule has 2 unspecified atom stereocenters. The summed E-state index contributed by atoms with van der Waals surface area (Å²) in [5.74, 6) is -0.826. The Hall–Kier alpha value is -4.48. The van der Waals surface area contributed by atoms with Crippen molar-refractivity contribution in [2.75, 3.05) is 20.1 Å². The highest BCUT2D eigenvalue weighted by Crippen LogP contribution is 2.22. The van der Waals surface area contributed by atoms with E-state index in [1.54, 1.807) is 0 Å². The van der Waals surface area contributed by atoms with Gasteiger partial charge in [-0.15, -0.1) is 0 Å². The Kier molecular flexibility index (Phi) is 16.1. The average Bonchev–Trinajstić information content (AvgIpc) is 3.55. The predicted molar refractivity (Wildman–Crippen MR) is 208 cm³/mol. The molecule has 1 fully saturated rings. The van der Waals surface area contributed by atoms with Crippen LogP contribution in [0.1, 0.15) is 77.3 Å². The largest absolute Gasteiger partial charge is 0.445 e. The SMILES string of the molecule is CCC(C)CNC(=O)C[C@H](O)[C@H](CC(C)C)NC(=O)[C@H](CC1CCCN1C)NC(=O)[C@H](Cc1cccc2ccccc12)NC(=O)OCc1ccccc1. The molecule has 4 rings (SSSR count). The number of carbonyl (C=O) groups excluding carboxylic acids is 4. The van der Waals surface area contributed by atoms with Crippen LogP contribution < -0.4 is 21.3 Å². The first kappa shape index (κ1) is 41.3. The normalized spacial score (nSPS) is 17.4. The summed E-state index contributed by atoms with van der Waals surface area (Å²) in [6.07, 6.45) is 1.68. The van der Waals surface area contributed by atoms with E-state index in [0.717, 1.165) is 47.7 Å². The van der Waals surface area contributed by atoms with Crippen LogP contribution in [0, 0.1) is 11.8 Å². The average molecular weight is 730 g/mol. The Bertz CT molecular complexity index is 1630. The van der Waals surface area contributed by atoms with Crippen molar-refractivity contribution in [1.82, 2.24) is 26.2 Å². The molecule has 1 aliphatic rings. The number of nitrogens with one attached hydrogen (secondary N) is 4. The molecule has 1 aliphatic heterocycles. The van der Waals surface area contributed by atoms with Crippen LogP contribution in [0.3, 0.4) is 0 Å². The van der Waals surface area contributed by atoms with E-state index in [0.29, 0.717) is 25.3 Å². The molecule has 6 atom stereocenters. The number of benzene rings is 3. The Labute approximate surface area is 314 Å². The molecule has 1 heterocycles. The smallest absolute Gasteiger partial charge is 0.408 e. The number of hydrogen-bond donors (Lipinski definition) is 5. The molecule has 0 bridgehead atoms. The molecular weight excluding hydrogens is 670 g/mol. The summed E-state index contributed by atoms with van der Waals surface area (Å²) in [6, 6.07) is 20.3. The third kappa shape index (κ3) is 13.2. The van der Waals surface area contributed by atoms with Gasteiger partial charge in [-0.3, -0.25) is 14.4 Å². The predicted octanol–water partition coefficient (Wildman–Crippen LogP) is 5.09. The number of nitrogens with zero attached hydrogens (tertiary/aromatic N) is 1. The Morgan fingerprint density at radius 2 is 1.58 bits per heavy atom.